The van der Waals surface area contributed by atoms with Crippen LogP contribution in [0.1, 0.15) is 48.6 Å². The maximum atomic E-state index is 13.9. The largest absolute Gasteiger partial charge is 0.461 e. The molecule has 46 heavy (non-hydrogen) atoms. The lowest BCUT2D eigenvalue weighted by Gasteiger charge is -2.40. The molecule has 238 valence electrons. The molecule has 12 heteroatoms. The van der Waals surface area contributed by atoms with Crippen LogP contribution >= 0.6 is 11.6 Å². The van der Waals surface area contributed by atoms with Crippen LogP contribution in [0, 0.1) is 6.57 Å². The van der Waals surface area contributed by atoms with E-state index in [9.17, 15) is 14.0 Å². The van der Waals surface area contributed by atoms with Crippen LogP contribution in [0.4, 0.5) is 10.2 Å². The molecule has 2 aromatic carbocycles. The SMILES string of the molecule is [C-]#[N+]C[C@H]1CN(c2nc(OCC34CCCN3C(=O)CC4)nc3c2COC(c2cccc4cccc(Cl)c24)C3)CCN1C(=O)C(=C)F. The van der Waals surface area contributed by atoms with Gasteiger partial charge in [-0.1, -0.05) is 48.5 Å². The Labute approximate surface area is 271 Å². The standard InChI is InChI=1S/C34H34ClFN6O4/c1-21(36)32(44)41-15-14-40(18-23(41)17-37-2)31-25-19-45-28(24-8-3-6-22-7-4-9-26(35)30(22)24)16-27(25)38-33(39-31)46-20-34-11-5-13-42(34)29(43)10-12-34/h3-4,6-9,23,28H,1,5,10-20H2/t23-,28?,34?/m0/s1. The lowest BCUT2D eigenvalue weighted by Crippen LogP contribution is -2.57. The van der Waals surface area contributed by atoms with E-state index in [-0.39, 0.29) is 49.8 Å². The predicted octanol–water partition coefficient (Wildman–Crippen LogP) is 5.05. The van der Waals surface area contributed by atoms with Crippen molar-refractivity contribution in [3.63, 3.8) is 0 Å². The number of carbonyl (C=O) groups is 2. The van der Waals surface area contributed by atoms with Crippen LogP contribution in [0.5, 0.6) is 6.01 Å². The highest BCUT2D eigenvalue weighted by molar-refractivity contribution is 6.35. The minimum atomic E-state index is -1.04. The number of piperazine rings is 1. The number of halogens is 2. The van der Waals surface area contributed by atoms with Crippen molar-refractivity contribution in [3.8, 4) is 6.01 Å². The van der Waals surface area contributed by atoms with E-state index < -0.39 is 17.8 Å². The van der Waals surface area contributed by atoms with E-state index in [0.29, 0.717) is 36.8 Å². The van der Waals surface area contributed by atoms with Gasteiger partial charge in [0.1, 0.15) is 18.5 Å². The number of anilines is 1. The summed E-state index contributed by atoms with van der Waals surface area (Å²) in [6, 6.07) is 11.5. The quantitative estimate of drug-likeness (QED) is 0.263. The topological polar surface area (TPSA) is 92.5 Å². The first-order valence-corrected chi connectivity index (χ1v) is 16.0. The van der Waals surface area contributed by atoms with E-state index in [4.69, 9.17) is 37.6 Å². The lowest BCUT2D eigenvalue weighted by molar-refractivity contribution is -0.131. The van der Waals surface area contributed by atoms with Gasteiger partial charge < -0.3 is 29.0 Å². The molecule has 3 fully saturated rings. The van der Waals surface area contributed by atoms with E-state index in [1.807, 2.05) is 46.2 Å². The van der Waals surface area contributed by atoms with Crippen LogP contribution in [0.3, 0.4) is 0 Å². The molecule has 3 saturated heterocycles. The summed E-state index contributed by atoms with van der Waals surface area (Å²) in [5, 5.41) is 2.61. The third-order valence-electron chi connectivity index (χ3n) is 9.84. The van der Waals surface area contributed by atoms with Gasteiger partial charge in [-0.15, -0.1) is 0 Å². The third kappa shape index (κ3) is 5.33. The second-order valence-corrected chi connectivity index (χ2v) is 12.9. The number of fused-ring (bicyclic) bond motifs is 3. The van der Waals surface area contributed by atoms with Crippen molar-refractivity contribution >= 4 is 40.0 Å². The molecule has 10 nitrogen and oxygen atoms in total. The number of aromatic nitrogens is 2. The van der Waals surface area contributed by atoms with Crippen LogP contribution in [0.25, 0.3) is 15.6 Å². The second kappa shape index (κ2) is 12.2. The summed E-state index contributed by atoms with van der Waals surface area (Å²) in [6.45, 7) is 12.8. The molecule has 0 saturated carbocycles. The fourth-order valence-corrected chi connectivity index (χ4v) is 7.85. The molecule has 5 heterocycles. The first-order valence-electron chi connectivity index (χ1n) is 15.6. The fraction of sp³-hybridized carbons (Fsp3) is 0.441. The molecule has 4 aliphatic heterocycles. The minimum absolute atomic E-state index is 0.0128. The maximum Gasteiger partial charge on any atom is 0.318 e. The molecule has 7 rings (SSSR count). The first-order chi connectivity index (χ1) is 22.3. The summed E-state index contributed by atoms with van der Waals surface area (Å²) >= 11 is 6.67. The number of ether oxygens (including phenoxy) is 2. The van der Waals surface area contributed by atoms with Crippen LogP contribution in [0.2, 0.25) is 5.02 Å². The minimum Gasteiger partial charge on any atom is -0.461 e. The zero-order valence-corrected chi connectivity index (χ0v) is 26.1. The van der Waals surface area contributed by atoms with Crippen LogP contribution < -0.4 is 9.64 Å². The van der Waals surface area contributed by atoms with Gasteiger partial charge in [0.25, 0.3) is 5.91 Å². The Balaban J connectivity index is 1.23. The van der Waals surface area contributed by atoms with Gasteiger partial charge in [-0.3, -0.25) is 9.59 Å². The Bertz CT molecular complexity index is 1780. The number of hydrogen-bond acceptors (Lipinski definition) is 7. The van der Waals surface area contributed by atoms with Crippen molar-refractivity contribution < 1.29 is 23.5 Å². The van der Waals surface area contributed by atoms with Gasteiger partial charge in [0.2, 0.25) is 12.5 Å². The highest BCUT2D eigenvalue weighted by Crippen LogP contribution is 2.42. The van der Waals surface area contributed by atoms with Crippen molar-refractivity contribution in [3.05, 3.63) is 82.1 Å². The summed E-state index contributed by atoms with van der Waals surface area (Å²) in [7, 11) is 0. The highest BCUT2D eigenvalue weighted by Gasteiger charge is 2.49. The highest BCUT2D eigenvalue weighted by atomic mass is 35.5. The maximum absolute atomic E-state index is 13.9. The molecule has 2 unspecified atom stereocenters. The first kappa shape index (κ1) is 30.4. The zero-order valence-electron chi connectivity index (χ0n) is 25.4. The van der Waals surface area contributed by atoms with Crippen molar-refractivity contribution in [2.45, 2.75) is 56.4 Å². The molecule has 0 bridgehead atoms. The molecule has 3 atom stereocenters. The Morgan fingerprint density at radius 1 is 1.20 bits per heavy atom. The van der Waals surface area contributed by atoms with Crippen molar-refractivity contribution in [1.29, 1.82) is 0 Å². The third-order valence-corrected chi connectivity index (χ3v) is 10.2. The van der Waals surface area contributed by atoms with E-state index in [1.165, 1.54) is 4.90 Å². The Kier molecular flexibility index (Phi) is 8.03. The van der Waals surface area contributed by atoms with Gasteiger partial charge in [-0.25, -0.2) is 11.0 Å². The number of carbonyl (C=O) groups excluding carboxylic acids is 2. The molecule has 3 aromatic rings. The van der Waals surface area contributed by atoms with E-state index in [0.717, 1.165) is 53.4 Å². The molecule has 0 spiro atoms. The summed E-state index contributed by atoms with van der Waals surface area (Å²) in [6.07, 6.45) is 3.21. The van der Waals surface area contributed by atoms with Gasteiger partial charge >= 0.3 is 6.01 Å². The van der Waals surface area contributed by atoms with Gasteiger partial charge in [-0.2, -0.15) is 9.97 Å². The average Bonchev–Trinajstić information content (AvgIpc) is 3.62. The predicted molar refractivity (Wildman–Crippen MR) is 170 cm³/mol. The summed E-state index contributed by atoms with van der Waals surface area (Å²) in [5.41, 5.74) is 2.21. The number of amides is 2. The van der Waals surface area contributed by atoms with Gasteiger partial charge in [0, 0.05) is 55.0 Å². The van der Waals surface area contributed by atoms with E-state index in [2.05, 4.69) is 11.4 Å². The molecule has 0 aliphatic carbocycles. The van der Waals surface area contributed by atoms with E-state index in [1.54, 1.807) is 0 Å². The summed E-state index contributed by atoms with van der Waals surface area (Å²) in [4.78, 5) is 43.7. The Morgan fingerprint density at radius 2 is 2.02 bits per heavy atom. The molecular weight excluding hydrogens is 611 g/mol. The van der Waals surface area contributed by atoms with Crippen molar-refractivity contribution in [1.82, 2.24) is 19.8 Å². The van der Waals surface area contributed by atoms with Crippen LogP contribution in [-0.2, 0) is 27.4 Å². The number of benzene rings is 2. The monoisotopic (exact) mass is 644 g/mol. The second-order valence-electron chi connectivity index (χ2n) is 12.4. The molecular formula is C34H34ClFN6O4. The molecule has 0 radical (unpaired) electrons. The molecule has 1 aromatic heterocycles. The normalized spacial score (nSPS) is 24.1. The summed E-state index contributed by atoms with van der Waals surface area (Å²) < 4.78 is 26.7. The zero-order chi connectivity index (χ0) is 32.0. The number of nitrogens with zero attached hydrogens (tertiary/aromatic N) is 6. The number of rotatable bonds is 7. The molecule has 0 N–H and O–H groups in total. The van der Waals surface area contributed by atoms with Gasteiger partial charge in [0.05, 0.1) is 23.9 Å². The summed E-state index contributed by atoms with van der Waals surface area (Å²) in [5.74, 6) is -1.07. The molecule has 2 amide bonds. The Hall–Kier alpha value is -4.27. The van der Waals surface area contributed by atoms with Gasteiger partial charge in [-0.05, 0) is 36.3 Å². The van der Waals surface area contributed by atoms with Crippen LogP contribution in [-0.4, -0.2) is 82.5 Å². The smallest absolute Gasteiger partial charge is 0.318 e. The lowest BCUT2D eigenvalue weighted by atomic mass is 9.94. The van der Waals surface area contributed by atoms with Crippen molar-refractivity contribution in [2.24, 2.45) is 0 Å². The number of hydrogen-bond donors (Lipinski definition) is 0. The van der Waals surface area contributed by atoms with Crippen LogP contribution in [0.15, 0.2) is 48.8 Å². The Morgan fingerprint density at radius 3 is 2.83 bits per heavy atom. The van der Waals surface area contributed by atoms with Crippen molar-refractivity contribution in [2.75, 3.05) is 44.2 Å². The van der Waals surface area contributed by atoms with Gasteiger partial charge in [0.15, 0.2) is 5.83 Å². The average molecular weight is 645 g/mol. The molecule has 4 aliphatic rings. The van der Waals surface area contributed by atoms with E-state index >= 15 is 0 Å². The fourth-order valence-electron chi connectivity index (χ4n) is 7.56.